The lowest BCUT2D eigenvalue weighted by molar-refractivity contribution is 0.999. The number of rotatable bonds is 4. The predicted octanol–water partition coefficient (Wildman–Crippen LogP) is 2.68. The highest BCUT2D eigenvalue weighted by Gasteiger charge is 2.02. The van der Waals surface area contributed by atoms with Crippen molar-refractivity contribution in [3.63, 3.8) is 0 Å². The van der Waals surface area contributed by atoms with Crippen LogP contribution in [0.3, 0.4) is 0 Å². The van der Waals surface area contributed by atoms with Gasteiger partial charge < -0.3 is 11.1 Å². The molecule has 2 rings (SSSR count). The molecule has 4 nitrogen and oxygen atoms in total. The van der Waals surface area contributed by atoms with Crippen molar-refractivity contribution in [2.75, 3.05) is 17.6 Å². The van der Waals surface area contributed by atoms with Crippen molar-refractivity contribution in [1.29, 1.82) is 0 Å². The molecule has 0 bridgehead atoms. The molecule has 0 fully saturated rings. The van der Waals surface area contributed by atoms with Crippen molar-refractivity contribution in [3.05, 3.63) is 46.6 Å². The molecule has 0 aliphatic heterocycles. The van der Waals surface area contributed by atoms with Crippen LogP contribution in [0.1, 0.15) is 11.1 Å². The third-order valence-corrected chi connectivity index (χ3v) is 2.83. The van der Waals surface area contributed by atoms with E-state index < -0.39 is 0 Å². The predicted molar refractivity (Wildman–Crippen MR) is 74.8 cm³/mol. The van der Waals surface area contributed by atoms with Crippen molar-refractivity contribution >= 4 is 23.4 Å². The Bertz CT molecular complexity index is 542. The summed E-state index contributed by atoms with van der Waals surface area (Å²) in [6, 6.07) is 8.40. The summed E-state index contributed by atoms with van der Waals surface area (Å²) >= 11 is 5.96. The van der Waals surface area contributed by atoms with Gasteiger partial charge in [-0.3, -0.25) is 0 Å². The smallest absolute Gasteiger partial charge is 0.222 e. The molecular weight excluding hydrogens is 248 g/mol. The first-order valence-corrected chi connectivity index (χ1v) is 6.10. The van der Waals surface area contributed by atoms with E-state index in [-0.39, 0.29) is 5.95 Å². The van der Waals surface area contributed by atoms with Crippen LogP contribution in [-0.2, 0) is 6.42 Å². The van der Waals surface area contributed by atoms with Gasteiger partial charge in [0.2, 0.25) is 5.95 Å². The summed E-state index contributed by atoms with van der Waals surface area (Å²) in [5.74, 6) is 0.800. The maximum atomic E-state index is 5.96. The number of nitrogens with one attached hydrogen (secondary N) is 1. The Balaban J connectivity index is 1.94. The van der Waals surface area contributed by atoms with Crippen LogP contribution in [0.4, 0.5) is 11.8 Å². The first kappa shape index (κ1) is 12.6. The Labute approximate surface area is 111 Å². The normalized spacial score (nSPS) is 10.3. The molecule has 2 aromatic rings. The van der Waals surface area contributed by atoms with Gasteiger partial charge in [-0.05, 0) is 18.9 Å². The molecule has 94 valence electrons. The van der Waals surface area contributed by atoms with Gasteiger partial charge in [-0.25, -0.2) is 4.98 Å². The van der Waals surface area contributed by atoms with E-state index in [1.807, 2.05) is 0 Å². The summed E-state index contributed by atoms with van der Waals surface area (Å²) in [6.45, 7) is 2.83. The summed E-state index contributed by atoms with van der Waals surface area (Å²) in [6.07, 6.45) is 2.40. The van der Waals surface area contributed by atoms with Crippen LogP contribution in [0.25, 0.3) is 0 Å². The second-order valence-corrected chi connectivity index (χ2v) is 4.50. The largest absolute Gasteiger partial charge is 0.368 e. The Hall–Kier alpha value is -1.81. The van der Waals surface area contributed by atoms with Crippen LogP contribution in [0.2, 0.25) is 5.02 Å². The molecule has 0 atom stereocenters. The molecule has 0 saturated carbocycles. The maximum absolute atomic E-state index is 5.96. The Morgan fingerprint density at radius 2 is 2.22 bits per heavy atom. The van der Waals surface area contributed by atoms with E-state index in [4.69, 9.17) is 17.3 Å². The molecule has 0 saturated heterocycles. The van der Waals surface area contributed by atoms with Crippen molar-refractivity contribution in [3.8, 4) is 0 Å². The van der Waals surface area contributed by atoms with Crippen LogP contribution >= 0.6 is 11.6 Å². The summed E-state index contributed by atoms with van der Waals surface area (Å²) in [4.78, 5) is 7.86. The molecule has 0 aliphatic rings. The lowest BCUT2D eigenvalue weighted by Gasteiger charge is -2.08. The zero-order chi connectivity index (χ0) is 13.0. The maximum Gasteiger partial charge on any atom is 0.222 e. The standard InChI is InChI=1S/C13H15ClN4/c1-9-3-2-4-10(7-9)5-6-16-12-11(14)8-17-13(15)18-12/h2-4,7-8H,5-6H2,1H3,(H3,15,16,17,18). The van der Waals surface area contributed by atoms with Gasteiger partial charge in [0, 0.05) is 6.54 Å². The van der Waals surface area contributed by atoms with E-state index in [2.05, 4.69) is 46.5 Å². The molecule has 1 heterocycles. The topological polar surface area (TPSA) is 63.8 Å². The zero-order valence-electron chi connectivity index (χ0n) is 10.2. The summed E-state index contributed by atoms with van der Waals surface area (Å²) in [7, 11) is 0. The summed E-state index contributed by atoms with van der Waals surface area (Å²) in [5, 5.41) is 3.64. The van der Waals surface area contributed by atoms with Crippen LogP contribution in [-0.4, -0.2) is 16.5 Å². The van der Waals surface area contributed by atoms with Gasteiger partial charge in [0.1, 0.15) is 10.8 Å². The number of aromatic nitrogens is 2. The average molecular weight is 263 g/mol. The summed E-state index contributed by atoms with van der Waals surface area (Å²) < 4.78 is 0. The van der Waals surface area contributed by atoms with Gasteiger partial charge in [0.15, 0.2) is 0 Å². The molecule has 1 aromatic carbocycles. The van der Waals surface area contributed by atoms with Gasteiger partial charge >= 0.3 is 0 Å². The van der Waals surface area contributed by atoms with Crippen molar-refractivity contribution in [1.82, 2.24) is 9.97 Å². The molecule has 0 unspecified atom stereocenters. The number of hydrogen-bond donors (Lipinski definition) is 2. The number of aryl methyl sites for hydroxylation is 1. The van der Waals surface area contributed by atoms with E-state index in [1.165, 1.54) is 17.3 Å². The third-order valence-electron chi connectivity index (χ3n) is 2.55. The van der Waals surface area contributed by atoms with Gasteiger partial charge in [-0.15, -0.1) is 0 Å². The van der Waals surface area contributed by atoms with Crippen molar-refractivity contribution in [2.45, 2.75) is 13.3 Å². The van der Waals surface area contributed by atoms with Crippen molar-refractivity contribution in [2.24, 2.45) is 0 Å². The number of nitrogens with zero attached hydrogens (tertiary/aromatic N) is 2. The van der Waals surface area contributed by atoms with E-state index in [9.17, 15) is 0 Å². The van der Waals surface area contributed by atoms with Crippen LogP contribution < -0.4 is 11.1 Å². The SMILES string of the molecule is Cc1cccc(CCNc2nc(N)ncc2Cl)c1. The first-order valence-electron chi connectivity index (χ1n) is 5.72. The minimum absolute atomic E-state index is 0.220. The Morgan fingerprint density at radius 3 is 3.00 bits per heavy atom. The molecule has 0 aliphatic carbocycles. The minimum Gasteiger partial charge on any atom is -0.368 e. The highest BCUT2D eigenvalue weighted by Crippen LogP contribution is 2.18. The monoisotopic (exact) mass is 262 g/mol. The molecule has 1 aromatic heterocycles. The lowest BCUT2D eigenvalue weighted by Crippen LogP contribution is -2.08. The second-order valence-electron chi connectivity index (χ2n) is 4.09. The molecule has 0 amide bonds. The molecule has 3 N–H and O–H groups in total. The molecular formula is C13H15ClN4. The average Bonchev–Trinajstić information content (AvgIpc) is 2.34. The number of anilines is 2. The number of benzene rings is 1. The fraction of sp³-hybridized carbons (Fsp3) is 0.231. The van der Waals surface area contributed by atoms with E-state index in [0.717, 1.165) is 13.0 Å². The van der Waals surface area contributed by atoms with Crippen LogP contribution in [0, 0.1) is 6.92 Å². The minimum atomic E-state index is 0.220. The van der Waals surface area contributed by atoms with E-state index in [1.54, 1.807) is 0 Å². The molecule has 5 heteroatoms. The Morgan fingerprint density at radius 1 is 1.39 bits per heavy atom. The highest BCUT2D eigenvalue weighted by molar-refractivity contribution is 6.32. The van der Waals surface area contributed by atoms with Gasteiger partial charge in [-0.1, -0.05) is 41.4 Å². The lowest BCUT2D eigenvalue weighted by atomic mass is 10.1. The molecule has 0 radical (unpaired) electrons. The van der Waals surface area contributed by atoms with Gasteiger partial charge in [-0.2, -0.15) is 4.98 Å². The van der Waals surface area contributed by atoms with E-state index in [0.29, 0.717) is 10.8 Å². The van der Waals surface area contributed by atoms with Crippen molar-refractivity contribution < 1.29 is 0 Å². The summed E-state index contributed by atoms with van der Waals surface area (Å²) in [5.41, 5.74) is 8.05. The number of hydrogen-bond acceptors (Lipinski definition) is 4. The van der Waals surface area contributed by atoms with Gasteiger partial charge in [0.25, 0.3) is 0 Å². The highest BCUT2D eigenvalue weighted by atomic mass is 35.5. The second kappa shape index (κ2) is 5.69. The number of halogens is 1. The number of nitrogens with two attached hydrogens (primary N) is 1. The fourth-order valence-corrected chi connectivity index (χ4v) is 1.86. The third kappa shape index (κ3) is 3.34. The first-order chi connectivity index (χ1) is 8.65. The van der Waals surface area contributed by atoms with Gasteiger partial charge in [0.05, 0.1) is 6.20 Å². The van der Waals surface area contributed by atoms with Crippen LogP contribution in [0.15, 0.2) is 30.5 Å². The zero-order valence-corrected chi connectivity index (χ0v) is 10.9. The van der Waals surface area contributed by atoms with Crippen LogP contribution in [0.5, 0.6) is 0 Å². The quantitative estimate of drug-likeness (QED) is 0.889. The molecule has 0 spiro atoms. The van der Waals surface area contributed by atoms with E-state index >= 15 is 0 Å². The fourth-order valence-electron chi connectivity index (χ4n) is 1.70. The number of nitrogen functional groups attached to an aromatic ring is 1. The Kier molecular flexibility index (Phi) is 3.99. The molecule has 18 heavy (non-hydrogen) atoms.